The number of benzene rings is 1. The molecule has 2 aromatic rings. The second-order valence-corrected chi connectivity index (χ2v) is 8.03. The van der Waals surface area contributed by atoms with E-state index in [4.69, 9.17) is 11.6 Å². The topological polar surface area (TPSA) is 62.2 Å². The van der Waals surface area contributed by atoms with Gasteiger partial charge in [0, 0.05) is 24.6 Å². The third-order valence-electron chi connectivity index (χ3n) is 5.44. The van der Waals surface area contributed by atoms with Crippen molar-refractivity contribution in [3.05, 3.63) is 63.7 Å². The van der Waals surface area contributed by atoms with Crippen molar-refractivity contribution < 1.29 is 45.0 Å². The van der Waals surface area contributed by atoms with Crippen LogP contribution >= 0.6 is 11.6 Å². The summed E-state index contributed by atoms with van der Waals surface area (Å²) in [5.41, 5.74) is -5.40. The summed E-state index contributed by atoms with van der Waals surface area (Å²) in [5, 5.41) is 11.9. The Balaban J connectivity index is 2.05. The molecule has 0 radical (unpaired) electrons. The van der Waals surface area contributed by atoms with Crippen LogP contribution in [0.15, 0.2) is 24.4 Å². The molecule has 13 heteroatoms. The first kappa shape index (κ1) is 25.2. The van der Waals surface area contributed by atoms with E-state index in [1.165, 1.54) is 0 Å². The molecule has 3 rings (SSSR count). The van der Waals surface area contributed by atoms with Gasteiger partial charge in [0.15, 0.2) is 23.1 Å². The number of hydrogen-bond acceptors (Lipinski definition) is 3. The van der Waals surface area contributed by atoms with Gasteiger partial charge in [-0.15, -0.1) is 0 Å². The predicted octanol–water partition coefficient (Wildman–Crippen LogP) is 5.58. The van der Waals surface area contributed by atoms with E-state index in [1.807, 2.05) is 0 Å². The molecule has 1 atom stereocenters. The van der Waals surface area contributed by atoms with Crippen LogP contribution in [0.2, 0.25) is 5.02 Å². The lowest BCUT2D eigenvalue weighted by atomic mass is 9.75. The Bertz CT molecular complexity index is 1070. The van der Waals surface area contributed by atoms with Crippen LogP contribution in [0.4, 0.5) is 35.1 Å². The lowest BCUT2D eigenvalue weighted by Gasteiger charge is -2.42. The highest BCUT2D eigenvalue weighted by molar-refractivity contribution is 6.34. The molecule has 1 saturated carbocycles. The number of nitrogens with zero attached hydrogens (tertiary/aromatic N) is 1. The first-order valence-electron chi connectivity index (χ1n) is 9.42. The van der Waals surface area contributed by atoms with Gasteiger partial charge in [0.2, 0.25) is 5.92 Å². The highest BCUT2D eigenvalue weighted by Crippen LogP contribution is 2.45. The molecule has 2 N–H and O–H groups in total. The van der Waals surface area contributed by atoms with Crippen molar-refractivity contribution in [3.63, 3.8) is 0 Å². The van der Waals surface area contributed by atoms with Gasteiger partial charge in [-0.3, -0.25) is 9.78 Å². The number of pyridine rings is 1. The zero-order chi connectivity index (χ0) is 24.8. The molecule has 0 bridgehead atoms. The minimum absolute atomic E-state index is 0.495. The van der Waals surface area contributed by atoms with E-state index in [0.717, 1.165) is 6.07 Å². The number of carbonyl (C=O) groups is 1. The average Bonchev–Trinajstić information content (AvgIpc) is 2.72. The summed E-state index contributed by atoms with van der Waals surface area (Å²) in [6.45, 7) is 0. The molecular formula is C20H15ClF8N2O2. The van der Waals surface area contributed by atoms with Crippen molar-refractivity contribution in [2.24, 2.45) is 0 Å². The third-order valence-corrected chi connectivity index (χ3v) is 5.82. The normalized spacial score (nSPS) is 18.6. The Hall–Kier alpha value is -2.47. The van der Waals surface area contributed by atoms with E-state index in [2.05, 4.69) is 10.3 Å². The number of hydrogen-bond donors (Lipinski definition) is 2. The lowest BCUT2D eigenvalue weighted by molar-refractivity contribution is -0.141. The van der Waals surface area contributed by atoms with Gasteiger partial charge in [-0.2, -0.15) is 13.2 Å². The Labute approximate surface area is 186 Å². The molecular weight excluding hydrogens is 488 g/mol. The summed E-state index contributed by atoms with van der Waals surface area (Å²) in [6, 6.07) is 0.0767. The average molecular weight is 503 g/mol. The Morgan fingerprint density at radius 3 is 2.24 bits per heavy atom. The smallest absolute Gasteiger partial charge is 0.387 e. The summed E-state index contributed by atoms with van der Waals surface area (Å²) >= 11 is 5.66. The highest BCUT2D eigenvalue weighted by atomic mass is 35.5. The van der Waals surface area contributed by atoms with E-state index in [0.29, 0.717) is 18.3 Å². The van der Waals surface area contributed by atoms with Gasteiger partial charge in [0.1, 0.15) is 0 Å². The Kier molecular flexibility index (Phi) is 6.64. The minimum atomic E-state index is -5.02. The van der Waals surface area contributed by atoms with Crippen LogP contribution in [-0.4, -0.2) is 27.5 Å². The van der Waals surface area contributed by atoms with Crippen LogP contribution in [0, 0.1) is 17.5 Å². The van der Waals surface area contributed by atoms with E-state index in [-0.39, 0.29) is 0 Å². The van der Waals surface area contributed by atoms with Crippen LogP contribution in [-0.2, 0) is 6.18 Å². The molecule has 180 valence electrons. The molecule has 1 unspecified atom stereocenters. The number of amides is 1. The van der Waals surface area contributed by atoms with Gasteiger partial charge in [0.05, 0.1) is 22.2 Å². The maximum atomic E-state index is 14.5. The standard InChI is InChI=1S/C20H15ClF8N2O2/c21-12-9(3-8-30-16(12)20(27,28)29)17(32)31-15(10-1-2-11(22)14(24)13(10)23)18(33)4-6-19(25,26)7-5-18/h1-3,8,15,33H,4-7H2,(H,31,32). The number of aliphatic hydroxyl groups is 1. The van der Waals surface area contributed by atoms with Crippen LogP contribution in [0.1, 0.15) is 53.3 Å². The van der Waals surface area contributed by atoms with Crippen molar-refractivity contribution >= 4 is 17.5 Å². The fourth-order valence-corrected chi connectivity index (χ4v) is 3.93. The number of nitrogens with one attached hydrogen (secondary N) is 1. The fourth-order valence-electron chi connectivity index (χ4n) is 3.63. The second-order valence-electron chi connectivity index (χ2n) is 7.65. The second kappa shape index (κ2) is 8.71. The van der Waals surface area contributed by atoms with E-state index < -0.39 is 94.6 Å². The van der Waals surface area contributed by atoms with E-state index in [9.17, 15) is 45.0 Å². The van der Waals surface area contributed by atoms with E-state index in [1.54, 1.807) is 0 Å². The Morgan fingerprint density at radius 1 is 1.06 bits per heavy atom. The van der Waals surface area contributed by atoms with Gasteiger partial charge in [-0.25, -0.2) is 22.0 Å². The largest absolute Gasteiger partial charge is 0.434 e. The van der Waals surface area contributed by atoms with Crippen molar-refractivity contribution in [2.45, 2.75) is 49.4 Å². The maximum Gasteiger partial charge on any atom is 0.434 e. The minimum Gasteiger partial charge on any atom is -0.387 e. The molecule has 0 spiro atoms. The molecule has 1 amide bonds. The lowest BCUT2D eigenvalue weighted by Crippen LogP contribution is -2.50. The fraction of sp³-hybridized carbons (Fsp3) is 0.400. The van der Waals surface area contributed by atoms with Gasteiger partial charge in [0.25, 0.3) is 5.91 Å². The van der Waals surface area contributed by atoms with Gasteiger partial charge < -0.3 is 10.4 Å². The zero-order valence-electron chi connectivity index (χ0n) is 16.4. The van der Waals surface area contributed by atoms with Crippen LogP contribution in [0.5, 0.6) is 0 Å². The summed E-state index contributed by atoms with van der Waals surface area (Å²) in [5.74, 6) is -9.85. The molecule has 1 fully saturated rings. The molecule has 0 saturated heterocycles. The monoisotopic (exact) mass is 502 g/mol. The van der Waals surface area contributed by atoms with E-state index >= 15 is 0 Å². The molecule has 1 aliphatic carbocycles. The number of carbonyl (C=O) groups excluding carboxylic acids is 1. The zero-order valence-corrected chi connectivity index (χ0v) is 17.2. The summed E-state index contributed by atoms with van der Waals surface area (Å²) in [4.78, 5) is 15.8. The molecule has 33 heavy (non-hydrogen) atoms. The van der Waals surface area contributed by atoms with Crippen molar-refractivity contribution in [1.82, 2.24) is 10.3 Å². The maximum absolute atomic E-state index is 14.5. The predicted molar refractivity (Wildman–Crippen MR) is 99.1 cm³/mol. The van der Waals surface area contributed by atoms with Crippen LogP contribution < -0.4 is 5.32 Å². The molecule has 1 aromatic carbocycles. The molecule has 0 aliphatic heterocycles. The van der Waals surface area contributed by atoms with Crippen molar-refractivity contribution in [3.8, 4) is 0 Å². The number of rotatable bonds is 4. The first-order valence-corrected chi connectivity index (χ1v) is 9.80. The van der Waals surface area contributed by atoms with Gasteiger partial charge >= 0.3 is 6.18 Å². The molecule has 1 heterocycles. The quantitative estimate of drug-likeness (QED) is 0.424. The van der Waals surface area contributed by atoms with Crippen molar-refractivity contribution in [1.29, 1.82) is 0 Å². The van der Waals surface area contributed by atoms with Gasteiger partial charge in [-0.1, -0.05) is 17.7 Å². The van der Waals surface area contributed by atoms with Gasteiger partial charge in [-0.05, 0) is 25.0 Å². The first-order chi connectivity index (χ1) is 15.2. The van der Waals surface area contributed by atoms with Crippen molar-refractivity contribution in [2.75, 3.05) is 0 Å². The molecule has 1 aliphatic rings. The highest BCUT2D eigenvalue weighted by Gasteiger charge is 2.49. The number of halogens is 9. The summed E-state index contributed by atoms with van der Waals surface area (Å²) in [6.07, 6.45) is -7.48. The molecule has 4 nitrogen and oxygen atoms in total. The summed E-state index contributed by atoms with van der Waals surface area (Å²) in [7, 11) is 0. The number of alkyl halides is 5. The number of aromatic nitrogens is 1. The van der Waals surface area contributed by atoms with Crippen LogP contribution in [0.25, 0.3) is 0 Å². The summed E-state index contributed by atoms with van der Waals surface area (Å²) < 4.78 is 108. The SMILES string of the molecule is O=C(NC(c1ccc(F)c(F)c1F)C1(O)CCC(F)(F)CC1)c1ccnc(C(F)(F)F)c1Cl. The van der Waals surface area contributed by atoms with Crippen LogP contribution in [0.3, 0.4) is 0 Å². The molecule has 1 aromatic heterocycles. The Morgan fingerprint density at radius 2 is 1.67 bits per heavy atom. The third kappa shape index (κ3) is 5.06.